The van der Waals surface area contributed by atoms with E-state index in [-0.39, 0.29) is 11.1 Å². The van der Waals surface area contributed by atoms with Crippen molar-refractivity contribution < 1.29 is 4.43 Å². The Hall–Kier alpha value is -0.123. The molecule has 0 saturated carbocycles. The van der Waals surface area contributed by atoms with E-state index in [1.807, 2.05) is 0 Å². The zero-order valence-corrected chi connectivity index (χ0v) is 12.4. The number of hydrogen-bond acceptors (Lipinski definition) is 2. The Morgan fingerprint density at radius 1 is 1.33 bits per heavy atom. The van der Waals surface area contributed by atoms with Gasteiger partial charge in [0.15, 0.2) is 8.32 Å². The molecular weight excluding hydrogens is 220 g/mol. The largest absolute Gasteiger partial charge is 0.410 e. The molecule has 0 fully saturated rings. The monoisotopic (exact) mass is 242 g/mol. The molecule has 15 heavy (non-hydrogen) atoms. The minimum absolute atomic E-state index is 0.233. The zero-order chi connectivity index (χ0) is 11.7. The molecule has 1 aromatic heterocycles. The molecule has 0 N–H and O–H groups in total. The summed E-state index contributed by atoms with van der Waals surface area (Å²) in [4.78, 5) is 0. The van der Waals surface area contributed by atoms with E-state index < -0.39 is 8.32 Å². The van der Waals surface area contributed by atoms with Crippen LogP contribution in [0.3, 0.4) is 0 Å². The SMILES string of the molecule is CC(O[Si](C)(C)C(C)(C)C)c1ccsc1. The van der Waals surface area contributed by atoms with E-state index in [0.29, 0.717) is 0 Å². The molecule has 0 bridgehead atoms. The Kier molecular flexibility index (Phi) is 3.79. The molecule has 1 unspecified atom stereocenters. The fraction of sp³-hybridized carbons (Fsp3) is 0.667. The van der Waals surface area contributed by atoms with Gasteiger partial charge in [0, 0.05) is 0 Å². The summed E-state index contributed by atoms with van der Waals surface area (Å²) in [6, 6.07) is 2.16. The van der Waals surface area contributed by atoms with Crippen LogP contribution in [-0.4, -0.2) is 8.32 Å². The van der Waals surface area contributed by atoms with Gasteiger partial charge in [0.2, 0.25) is 0 Å². The van der Waals surface area contributed by atoms with Crippen molar-refractivity contribution in [1.82, 2.24) is 0 Å². The molecule has 0 aliphatic rings. The van der Waals surface area contributed by atoms with Gasteiger partial charge in [0.25, 0.3) is 0 Å². The third-order valence-electron chi connectivity index (χ3n) is 3.29. The highest BCUT2D eigenvalue weighted by Crippen LogP contribution is 2.39. The molecule has 1 atom stereocenters. The van der Waals surface area contributed by atoms with Crippen LogP contribution in [0.2, 0.25) is 18.1 Å². The maximum absolute atomic E-state index is 6.29. The lowest BCUT2D eigenvalue weighted by molar-refractivity contribution is 0.203. The maximum atomic E-state index is 6.29. The van der Waals surface area contributed by atoms with E-state index in [4.69, 9.17) is 4.43 Å². The van der Waals surface area contributed by atoms with Crippen LogP contribution >= 0.6 is 11.3 Å². The summed E-state index contributed by atoms with van der Waals surface area (Å²) < 4.78 is 6.29. The third kappa shape index (κ3) is 3.16. The van der Waals surface area contributed by atoms with E-state index in [9.17, 15) is 0 Å². The molecule has 1 nitrogen and oxygen atoms in total. The second-order valence-corrected chi connectivity index (χ2v) is 11.1. The first-order valence-electron chi connectivity index (χ1n) is 5.44. The zero-order valence-electron chi connectivity index (χ0n) is 10.6. The molecule has 0 radical (unpaired) electrons. The number of rotatable bonds is 3. The van der Waals surface area contributed by atoms with Gasteiger partial charge >= 0.3 is 0 Å². The molecular formula is C12H22OSSi. The van der Waals surface area contributed by atoms with Gasteiger partial charge in [-0.15, -0.1) is 0 Å². The molecule has 0 amide bonds. The van der Waals surface area contributed by atoms with E-state index >= 15 is 0 Å². The van der Waals surface area contributed by atoms with Gasteiger partial charge < -0.3 is 4.43 Å². The minimum Gasteiger partial charge on any atom is -0.410 e. The van der Waals surface area contributed by atoms with Crippen LogP contribution in [-0.2, 0) is 4.43 Å². The highest BCUT2D eigenvalue weighted by Gasteiger charge is 2.38. The van der Waals surface area contributed by atoms with Crippen LogP contribution in [0.5, 0.6) is 0 Å². The normalized spacial score (nSPS) is 15.3. The average Bonchev–Trinajstić information content (AvgIpc) is 2.51. The molecule has 0 aliphatic carbocycles. The molecule has 0 aromatic carbocycles. The van der Waals surface area contributed by atoms with Crippen LogP contribution in [0.4, 0.5) is 0 Å². The molecule has 1 heterocycles. The Morgan fingerprint density at radius 3 is 2.33 bits per heavy atom. The summed E-state index contributed by atoms with van der Waals surface area (Å²) in [6.07, 6.45) is 0.233. The van der Waals surface area contributed by atoms with Crippen molar-refractivity contribution >= 4 is 19.7 Å². The van der Waals surface area contributed by atoms with Crippen LogP contribution in [0, 0.1) is 0 Å². The summed E-state index contributed by atoms with van der Waals surface area (Å²) in [5, 5.41) is 4.58. The molecule has 1 aromatic rings. The molecule has 3 heteroatoms. The van der Waals surface area contributed by atoms with Gasteiger partial charge in [-0.3, -0.25) is 0 Å². The third-order valence-corrected chi connectivity index (χ3v) is 8.55. The molecule has 1 rings (SSSR count). The van der Waals surface area contributed by atoms with Gasteiger partial charge in [-0.25, -0.2) is 0 Å². The fourth-order valence-corrected chi connectivity index (χ4v) is 3.31. The summed E-state index contributed by atoms with van der Waals surface area (Å²) in [7, 11) is -1.62. The van der Waals surface area contributed by atoms with E-state index in [1.54, 1.807) is 11.3 Å². The van der Waals surface area contributed by atoms with Gasteiger partial charge in [0.05, 0.1) is 6.10 Å². The quantitative estimate of drug-likeness (QED) is 0.690. The van der Waals surface area contributed by atoms with Crippen LogP contribution < -0.4 is 0 Å². The van der Waals surface area contributed by atoms with Gasteiger partial charge in [-0.2, -0.15) is 11.3 Å². The lowest BCUT2D eigenvalue weighted by atomic mass is 10.2. The lowest BCUT2D eigenvalue weighted by Crippen LogP contribution is -2.41. The second kappa shape index (κ2) is 4.40. The van der Waals surface area contributed by atoms with Crippen LogP contribution in [0.25, 0.3) is 0 Å². The highest BCUT2D eigenvalue weighted by atomic mass is 32.1. The molecule has 0 aliphatic heterocycles. The Balaban J connectivity index is 2.70. The summed E-state index contributed by atoms with van der Waals surface area (Å²) in [6.45, 7) is 13.6. The average molecular weight is 242 g/mol. The van der Waals surface area contributed by atoms with Gasteiger partial charge in [-0.05, 0) is 47.4 Å². The van der Waals surface area contributed by atoms with Crippen molar-refractivity contribution in [3.8, 4) is 0 Å². The Morgan fingerprint density at radius 2 is 1.93 bits per heavy atom. The predicted octanol–water partition coefficient (Wildman–Crippen LogP) is 4.83. The van der Waals surface area contributed by atoms with Crippen molar-refractivity contribution in [2.24, 2.45) is 0 Å². The minimum atomic E-state index is -1.62. The maximum Gasteiger partial charge on any atom is 0.192 e. The Bertz CT molecular complexity index is 298. The lowest BCUT2D eigenvalue weighted by Gasteiger charge is -2.38. The summed E-state index contributed by atoms with van der Waals surface area (Å²) in [5.41, 5.74) is 1.31. The first-order valence-corrected chi connectivity index (χ1v) is 9.29. The van der Waals surface area contributed by atoms with Crippen molar-refractivity contribution in [3.05, 3.63) is 22.4 Å². The predicted molar refractivity (Wildman–Crippen MR) is 71.0 cm³/mol. The van der Waals surface area contributed by atoms with Gasteiger partial charge in [-0.1, -0.05) is 20.8 Å². The van der Waals surface area contributed by atoms with E-state index in [1.165, 1.54) is 5.56 Å². The van der Waals surface area contributed by atoms with E-state index in [0.717, 1.165) is 0 Å². The summed E-state index contributed by atoms with van der Waals surface area (Å²) in [5.74, 6) is 0. The smallest absolute Gasteiger partial charge is 0.192 e. The first kappa shape index (κ1) is 12.9. The molecule has 0 spiro atoms. The molecule has 0 saturated heterocycles. The van der Waals surface area contributed by atoms with Crippen LogP contribution in [0.1, 0.15) is 39.4 Å². The van der Waals surface area contributed by atoms with Crippen molar-refractivity contribution in [2.75, 3.05) is 0 Å². The first-order chi connectivity index (χ1) is 6.74. The highest BCUT2D eigenvalue weighted by molar-refractivity contribution is 7.08. The van der Waals surface area contributed by atoms with Crippen LogP contribution in [0.15, 0.2) is 16.8 Å². The van der Waals surface area contributed by atoms with Gasteiger partial charge in [0.1, 0.15) is 0 Å². The van der Waals surface area contributed by atoms with E-state index in [2.05, 4.69) is 57.6 Å². The Labute approximate surface area is 98.6 Å². The second-order valence-electron chi connectivity index (χ2n) is 5.58. The molecule has 86 valence electrons. The van der Waals surface area contributed by atoms with Crippen molar-refractivity contribution in [3.63, 3.8) is 0 Å². The van der Waals surface area contributed by atoms with Crippen molar-refractivity contribution in [1.29, 1.82) is 0 Å². The fourth-order valence-electron chi connectivity index (χ4n) is 1.19. The van der Waals surface area contributed by atoms with Crippen molar-refractivity contribution in [2.45, 2.75) is 51.9 Å². The summed E-state index contributed by atoms with van der Waals surface area (Å²) >= 11 is 1.74. The topological polar surface area (TPSA) is 9.23 Å². The number of thiophene rings is 1. The standard InChI is InChI=1S/C12H22OSSi/c1-10(11-7-8-14-9-11)13-15(5,6)12(2,3)4/h7-10H,1-6H3. The number of hydrogen-bond donors (Lipinski definition) is 0.